The van der Waals surface area contributed by atoms with E-state index in [1.165, 1.54) is 6.07 Å². The fourth-order valence-electron chi connectivity index (χ4n) is 3.06. The molecule has 4 aromatic rings. The molecule has 0 aliphatic heterocycles. The molecular formula is C20H15N3O2. The van der Waals surface area contributed by atoms with Gasteiger partial charge in [-0.25, -0.2) is 0 Å². The highest BCUT2D eigenvalue weighted by molar-refractivity contribution is 5.94. The van der Waals surface area contributed by atoms with Gasteiger partial charge in [-0.2, -0.15) is 0 Å². The highest BCUT2D eigenvalue weighted by Crippen LogP contribution is 2.31. The Labute approximate surface area is 144 Å². The number of non-ortho nitro benzene ring substituents is 1. The fourth-order valence-corrected chi connectivity index (χ4v) is 3.06. The Hall–Kier alpha value is -3.47. The lowest BCUT2D eigenvalue weighted by molar-refractivity contribution is -0.384. The largest absolute Gasteiger partial charge is 0.365 e. The number of hydrogen-bond acceptors (Lipinski definition) is 3. The molecule has 0 atom stereocenters. The van der Waals surface area contributed by atoms with Crippen molar-refractivity contribution in [3.63, 3.8) is 0 Å². The summed E-state index contributed by atoms with van der Waals surface area (Å²) in [6.45, 7) is 0. The number of hydrogen-bond donors (Lipinski definition) is 1. The van der Waals surface area contributed by atoms with Crippen LogP contribution >= 0.6 is 0 Å². The number of H-pyrrole nitrogens is 1. The first-order valence-electron chi connectivity index (χ1n) is 7.95. The van der Waals surface area contributed by atoms with E-state index in [9.17, 15) is 10.1 Å². The number of nitrogens with one attached hydrogen (secondary N) is 1. The zero-order valence-corrected chi connectivity index (χ0v) is 13.3. The van der Waals surface area contributed by atoms with Gasteiger partial charge in [0, 0.05) is 47.6 Å². The van der Waals surface area contributed by atoms with E-state index in [1.54, 1.807) is 18.3 Å². The second-order valence-corrected chi connectivity index (χ2v) is 5.90. The van der Waals surface area contributed by atoms with E-state index in [2.05, 4.69) is 22.1 Å². The molecule has 2 aromatic carbocycles. The Morgan fingerprint density at radius 3 is 2.76 bits per heavy atom. The smallest absolute Gasteiger partial charge is 0.270 e. The molecule has 0 spiro atoms. The number of rotatable bonds is 4. The predicted octanol–water partition coefficient (Wildman–Crippen LogP) is 4.73. The average molecular weight is 329 g/mol. The Kier molecular flexibility index (Phi) is 3.74. The van der Waals surface area contributed by atoms with E-state index in [0.29, 0.717) is 0 Å². The standard InChI is InChI=1S/C20H15N3O2/c24-23(25)18-7-1-4-15(13-18)19-12-14(11-17-6-3-8-21-17)10-16-5-2-9-22-20(16)19/h1-10,12-13,21H,11H2. The first-order valence-corrected chi connectivity index (χ1v) is 7.95. The zero-order valence-electron chi connectivity index (χ0n) is 13.3. The van der Waals surface area contributed by atoms with Crippen LogP contribution in [0.25, 0.3) is 22.0 Å². The Morgan fingerprint density at radius 2 is 1.96 bits per heavy atom. The molecule has 0 unspecified atom stereocenters. The van der Waals surface area contributed by atoms with Crippen LogP contribution in [0.1, 0.15) is 11.3 Å². The van der Waals surface area contributed by atoms with Gasteiger partial charge in [0.2, 0.25) is 0 Å². The van der Waals surface area contributed by atoms with Crippen molar-refractivity contribution in [1.82, 2.24) is 9.97 Å². The van der Waals surface area contributed by atoms with E-state index in [4.69, 9.17) is 0 Å². The quantitative estimate of drug-likeness (QED) is 0.434. The first kappa shape index (κ1) is 15.1. The first-order chi connectivity index (χ1) is 12.2. The third-order valence-electron chi connectivity index (χ3n) is 4.19. The molecular weight excluding hydrogens is 314 g/mol. The second kappa shape index (κ2) is 6.20. The van der Waals surface area contributed by atoms with Crippen molar-refractivity contribution in [1.29, 1.82) is 0 Å². The molecule has 0 saturated carbocycles. The van der Waals surface area contributed by atoms with Gasteiger partial charge >= 0.3 is 0 Å². The molecule has 0 saturated heterocycles. The van der Waals surface area contributed by atoms with Gasteiger partial charge in [-0.3, -0.25) is 15.1 Å². The lowest BCUT2D eigenvalue weighted by Crippen LogP contribution is -1.93. The monoisotopic (exact) mass is 329 g/mol. The third-order valence-corrected chi connectivity index (χ3v) is 4.19. The van der Waals surface area contributed by atoms with Gasteiger partial charge in [0.05, 0.1) is 10.4 Å². The van der Waals surface area contributed by atoms with Crippen LogP contribution < -0.4 is 0 Å². The highest BCUT2D eigenvalue weighted by atomic mass is 16.6. The van der Waals surface area contributed by atoms with Crippen molar-refractivity contribution in [2.45, 2.75) is 6.42 Å². The molecule has 0 bridgehead atoms. The molecule has 0 aliphatic carbocycles. The summed E-state index contributed by atoms with van der Waals surface area (Å²) in [5, 5.41) is 12.1. The number of pyridine rings is 1. The second-order valence-electron chi connectivity index (χ2n) is 5.90. The van der Waals surface area contributed by atoms with Gasteiger partial charge in [-0.05, 0) is 41.5 Å². The van der Waals surface area contributed by atoms with Crippen LogP contribution in [0.4, 0.5) is 5.69 Å². The van der Waals surface area contributed by atoms with Gasteiger partial charge in [0.15, 0.2) is 0 Å². The maximum absolute atomic E-state index is 11.1. The molecule has 1 N–H and O–H groups in total. The van der Waals surface area contributed by atoms with Gasteiger partial charge < -0.3 is 4.98 Å². The van der Waals surface area contributed by atoms with Gasteiger partial charge in [0.1, 0.15) is 0 Å². The molecule has 25 heavy (non-hydrogen) atoms. The molecule has 4 rings (SSSR count). The Morgan fingerprint density at radius 1 is 1.04 bits per heavy atom. The fraction of sp³-hybridized carbons (Fsp3) is 0.0500. The number of fused-ring (bicyclic) bond motifs is 1. The minimum atomic E-state index is -0.373. The normalized spacial score (nSPS) is 10.9. The third kappa shape index (κ3) is 2.99. The molecule has 5 nitrogen and oxygen atoms in total. The summed E-state index contributed by atoms with van der Waals surface area (Å²) in [6.07, 6.45) is 4.41. The topological polar surface area (TPSA) is 71.8 Å². The SMILES string of the molecule is O=[N+]([O-])c1cccc(-c2cc(Cc3ccc[nH]3)cc3cccnc23)c1. The number of nitro groups is 1. The van der Waals surface area contributed by atoms with E-state index in [-0.39, 0.29) is 10.6 Å². The molecule has 0 aliphatic rings. The molecule has 122 valence electrons. The number of aromatic amines is 1. The van der Waals surface area contributed by atoms with Crippen molar-refractivity contribution < 1.29 is 4.92 Å². The van der Waals surface area contributed by atoms with E-state index < -0.39 is 0 Å². The highest BCUT2D eigenvalue weighted by Gasteiger charge is 2.12. The molecule has 5 heteroatoms. The summed E-state index contributed by atoms with van der Waals surface area (Å²) >= 11 is 0. The summed E-state index contributed by atoms with van der Waals surface area (Å²) in [4.78, 5) is 18.4. The van der Waals surface area contributed by atoms with Gasteiger partial charge in [-0.1, -0.05) is 18.2 Å². The van der Waals surface area contributed by atoms with E-state index >= 15 is 0 Å². The molecule has 2 heterocycles. The van der Waals surface area contributed by atoms with Crippen LogP contribution in [0.2, 0.25) is 0 Å². The van der Waals surface area contributed by atoms with Crippen molar-refractivity contribution in [2.75, 3.05) is 0 Å². The number of nitrogens with zero attached hydrogens (tertiary/aromatic N) is 2. The number of benzene rings is 2. The molecule has 0 amide bonds. The average Bonchev–Trinajstić information content (AvgIpc) is 3.14. The Bertz CT molecular complexity index is 1060. The molecule has 0 radical (unpaired) electrons. The summed E-state index contributed by atoms with van der Waals surface area (Å²) in [6, 6.07) is 18.8. The maximum atomic E-state index is 11.1. The molecule has 2 aromatic heterocycles. The zero-order chi connectivity index (χ0) is 17.2. The minimum Gasteiger partial charge on any atom is -0.365 e. The van der Waals surface area contributed by atoms with Crippen LogP contribution in [0.5, 0.6) is 0 Å². The molecule has 0 fully saturated rings. The summed E-state index contributed by atoms with van der Waals surface area (Å²) in [5.74, 6) is 0. The number of aromatic nitrogens is 2. The van der Waals surface area contributed by atoms with Crippen LogP contribution in [0.15, 0.2) is 73.1 Å². The van der Waals surface area contributed by atoms with Crippen LogP contribution in [-0.2, 0) is 6.42 Å². The minimum absolute atomic E-state index is 0.0800. The van der Waals surface area contributed by atoms with Crippen molar-refractivity contribution in [2.24, 2.45) is 0 Å². The van der Waals surface area contributed by atoms with E-state index in [0.717, 1.165) is 39.7 Å². The van der Waals surface area contributed by atoms with Crippen LogP contribution in [0, 0.1) is 10.1 Å². The maximum Gasteiger partial charge on any atom is 0.270 e. The van der Waals surface area contributed by atoms with Crippen molar-refractivity contribution in [3.8, 4) is 11.1 Å². The van der Waals surface area contributed by atoms with Crippen molar-refractivity contribution in [3.05, 3.63) is 94.4 Å². The van der Waals surface area contributed by atoms with E-state index in [1.807, 2.05) is 36.5 Å². The summed E-state index contributed by atoms with van der Waals surface area (Å²) < 4.78 is 0. The summed E-state index contributed by atoms with van der Waals surface area (Å²) in [5.41, 5.74) is 4.88. The van der Waals surface area contributed by atoms with Crippen LogP contribution in [-0.4, -0.2) is 14.9 Å². The Balaban J connectivity index is 1.89. The predicted molar refractivity (Wildman–Crippen MR) is 97.4 cm³/mol. The number of nitro benzene ring substituents is 1. The van der Waals surface area contributed by atoms with Gasteiger partial charge in [0.25, 0.3) is 5.69 Å². The summed E-state index contributed by atoms with van der Waals surface area (Å²) in [7, 11) is 0. The van der Waals surface area contributed by atoms with Gasteiger partial charge in [-0.15, -0.1) is 0 Å². The van der Waals surface area contributed by atoms with Crippen LogP contribution in [0.3, 0.4) is 0 Å². The van der Waals surface area contributed by atoms with Crippen molar-refractivity contribution >= 4 is 16.6 Å². The lowest BCUT2D eigenvalue weighted by Gasteiger charge is -2.10. The lowest BCUT2D eigenvalue weighted by atomic mass is 9.97.